The minimum absolute atomic E-state index is 0.199. The van der Waals surface area contributed by atoms with E-state index in [-0.39, 0.29) is 25.2 Å². The molecule has 3 aromatic carbocycles. The number of nitrogens with zero attached hydrogens (tertiary/aromatic N) is 1. The summed E-state index contributed by atoms with van der Waals surface area (Å²) in [6, 6.07) is 19.8. The fourth-order valence-electron chi connectivity index (χ4n) is 2.98. The monoisotopic (exact) mass is 420 g/mol. The third-order valence-electron chi connectivity index (χ3n) is 4.58. The van der Waals surface area contributed by atoms with Crippen molar-refractivity contribution in [1.82, 2.24) is 5.32 Å². The molecule has 0 radical (unpaired) electrons. The van der Waals surface area contributed by atoms with Crippen molar-refractivity contribution in [2.24, 2.45) is 0 Å². The van der Waals surface area contributed by atoms with Gasteiger partial charge in [-0.2, -0.15) is 0 Å². The highest BCUT2D eigenvalue weighted by Gasteiger charge is 2.16. The van der Waals surface area contributed by atoms with Crippen LogP contribution in [-0.2, 0) is 0 Å². The number of hydrogen-bond acceptors (Lipinski definition) is 2. The number of halogens is 1. The van der Waals surface area contributed by atoms with E-state index >= 15 is 0 Å². The quantitative estimate of drug-likeness (QED) is 0.506. The molecule has 0 atom stereocenters. The Morgan fingerprint density at radius 3 is 2.23 bits per heavy atom. The fraction of sp³-hybridized carbons (Fsp3) is 0.167. The van der Waals surface area contributed by atoms with E-state index in [1.165, 1.54) is 29.2 Å². The van der Waals surface area contributed by atoms with Gasteiger partial charge in [0.25, 0.3) is 0 Å². The van der Waals surface area contributed by atoms with Crippen molar-refractivity contribution in [3.63, 3.8) is 0 Å². The van der Waals surface area contributed by atoms with E-state index in [1.807, 2.05) is 56.3 Å². The van der Waals surface area contributed by atoms with Crippen LogP contribution < -0.4 is 20.9 Å². The number of benzene rings is 3. The van der Waals surface area contributed by atoms with Gasteiger partial charge in [0.1, 0.15) is 5.82 Å². The first-order valence-corrected chi connectivity index (χ1v) is 9.93. The van der Waals surface area contributed by atoms with Crippen molar-refractivity contribution < 1.29 is 14.0 Å². The maximum atomic E-state index is 13.3. The fourth-order valence-corrected chi connectivity index (χ4v) is 2.98. The minimum atomic E-state index is -0.390. The van der Waals surface area contributed by atoms with Crippen LogP contribution in [0.25, 0.3) is 0 Å². The lowest BCUT2D eigenvalue weighted by molar-refractivity contribution is 0.250. The van der Waals surface area contributed by atoms with Gasteiger partial charge in [-0.05, 0) is 67.9 Å². The van der Waals surface area contributed by atoms with Crippen LogP contribution in [0.3, 0.4) is 0 Å². The summed E-state index contributed by atoms with van der Waals surface area (Å²) in [5.41, 5.74) is 3.96. The number of nitrogens with one attached hydrogen (secondary N) is 3. The lowest BCUT2D eigenvalue weighted by atomic mass is 10.2. The molecule has 4 amide bonds. The number of carbonyl (C=O) groups is 2. The molecule has 0 bridgehead atoms. The molecule has 3 rings (SSSR count). The van der Waals surface area contributed by atoms with Gasteiger partial charge in [-0.1, -0.05) is 29.8 Å². The summed E-state index contributed by atoms with van der Waals surface area (Å²) in [7, 11) is 0. The predicted molar refractivity (Wildman–Crippen MR) is 122 cm³/mol. The van der Waals surface area contributed by atoms with Crippen molar-refractivity contribution in [1.29, 1.82) is 0 Å². The summed E-state index contributed by atoms with van der Waals surface area (Å²) in [6.07, 6.45) is 0. The van der Waals surface area contributed by atoms with Crippen LogP contribution in [0, 0.1) is 19.7 Å². The highest BCUT2D eigenvalue weighted by Crippen LogP contribution is 2.17. The molecular weight excluding hydrogens is 395 g/mol. The summed E-state index contributed by atoms with van der Waals surface area (Å²) >= 11 is 0. The third-order valence-corrected chi connectivity index (χ3v) is 4.58. The van der Waals surface area contributed by atoms with Crippen LogP contribution >= 0.6 is 0 Å². The van der Waals surface area contributed by atoms with Gasteiger partial charge in [0, 0.05) is 30.2 Å². The van der Waals surface area contributed by atoms with Crippen molar-refractivity contribution in [3.8, 4) is 0 Å². The van der Waals surface area contributed by atoms with Crippen LogP contribution in [0.5, 0.6) is 0 Å². The zero-order valence-corrected chi connectivity index (χ0v) is 17.5. The molecule has 0 unspecified atom stereocenters. The SMILES string of the molecule is Cc1ccc(NC(=O)NCCN(C(=O)Nc2cccc(C)c2)c2ccc(F)cc2)cc1. The average molecular weight is 420 g/mol. The number of urea groups is 2. The molecule has 0 aliphatic carbocycles. The number of hydrogen-bond donors (Lipinski definition) is 3. The van der Waals surface area contributed by atoms with E-state index in [2.05, 4.69) is 16.0 Å². The Kier molecular flexibility index (Phi) is 7.22. The Morgan fingerprint density at radius 2 is 1.55 bits per heavy atom. The molecule has 0 saturated heterocycles. The van der Waals surface area contributed by atoms with Gasteiger partial charge in [-0.25, -0.2) is 14.0 Å². The molecule has 3 aromatic rings. The summed E-state index contributed by atoms with van der Waals surface area (Å²) in [5, 5.41) is 8.33. The molecule has 31 heavy (non-hydrogen) atoms. The number of rotatable bonds is 6. The van der Waals surface area contributed by atoms with E-state index in [0.717, 1.165) is 11.1 Å². The number of aryl methyl sites for hydroxylation is 2. The first kappa shape index (κ1) is 21.8. The van der Waals surface area contributed by atoms with Gasteiger partial charge in [0.2, 0.25) is 0 Å². The van der Waals surface area contributed by atoms with E-state index in [0.29, 0.717) is 17.1 Å². The lowest BCUT2D eigenvalue weighted by Gasteiger charge is -2.23. The third kappa shape index (κ3) is 6.57. The largest absolute Gasteiger partial charge is 0.336 e. The normalized spacial score (nSPS) is 10.3. The topological polar surface area (TPSA) is 73.5 Å². The number of carbonyl (C=O) groups excluding carboxylic acids is 2. The molecule has 0 saturated carbocycles. The molecule has 3 N–H and O–H groups in total. The Labute approximate surface area is 181 Å². The maximum absolute atomic E-state index is 13.3. The van der Waals surface area contributed by atoms with Gasteiger partial charge >= 0.3 is 12.1 Å². The van der Waals surface area contributed by atoms with Crippen LogP contribution in [0.15, 0.2) is 72.8 Å². The van der Waals surface area contributed by atoms with Crippen molar-refractivity contribution in [2.75, 3.05) is 28.6 Å². The van der Waals surface area contributed by atoms with Crippen LogP contribution in [0.1, 0.15) is 11.1 Å². The maximum Gasteiger partial charge on any atom is 0.326 e. The smallest absolute Gasteiger partial charge is 0.326 e. The molecule has 6 nitrogen and oxygen atoms in total. The summed E-state index contributed by atoms with van der Waals surface area (Å²) in [4.78, 5) is 26.5. The number of anilines is 3. The second kappa shape index (κ2) is 10.2. The summed E-state index contributed by atoms with van der Waals surface area (Å²) < 4.78 is 13.3. The molecule has 7 heteroatoms. The molecule has 0 aliphatic rings. The molecular formula is C24H25FN4O2. The molecule has 0 fully saturated rings. The molecule has 160 valence electrons. The van der Waals surface area contributed by atoms with E-state index < -0.39 is 5.82 Å². The van der Waals surface area contributed by atoms with Gasteiger partial charge in [-0.15, -0.1) is 0 Å². The first-order valence-electron chi connectivity index (χ1n) is 9.93. The van der Waals surface area contributed by atoms with E-state index in [1.54, 1.807) is 6.07 Å². The Bertz CT molecular complexity index is 1040. The average Bonchev–Trinajstić information content (AvgIpc) is 2.74. The van der Waals surface area contributed by atoms with Gasteiger partial charge in [-0.3, -0.25) is 4.90 Å². The van der Waals surface area contributed by atoms with E-state index in [4.69, 9.17) is 0 Å². The molecule has 0 aliphatic heterocycles. The van der Waals surface area contributed by atoms with Gasteiger partial charge in [0.15, 0.2) is 0 Å². The predicted octanol–water partition coefficient (Wildman–Crippen LogP) is 5.30. The van der Waals surface area contributed by atoms with Crippen LogP contribution in [0.2, 0.25) is 0 Å². The zero-order valence-electron chi connectivity index (χ0n) is 17.5. The minimum Gasteiger partial charge on any atom is -0.336 e. The second-order valence-corrected chi connectivity index (χ2v) is 7.17. The van der Waals surface area contributed by atoms with Crippen LogP contribution in [0.4, 0.5) is 31.0 Å². The van der Waals surface area contributed by atoms with Gasteiger partial charge in [0.05, 0.1) is 0 Å². The molecule has 0 aromatic heterocycles. The molecule has 0 heterocycles. The summed E-state index contributed by atoms with van der Waals surface area (Å²) in [6.45, 7) is 4.31. The van der Waals surface area contributed by atoms with Crippen molar-refractivity contribution in [2.45, 2.75) is 13.8 Å². The first-order chi connectivity index (χ1) is 14.9. The van der Waals surface area contributed by atoms with Crippen LogP contribution in [-0.4, -0.2) is 25.2 Å². The van der Waals surface area contributed by atoms with E-state index in [9.17, 15) is 14.0 Å². The van der Waals surface area contributed by atoms with Crippen molar-refractivity contribution >= 4 is 29.1 Å². The highest BCUT2D eigenvalue weighted by atomic mass is 19.1. The summed E-state index contributed by atoms with van der Waals surface area (Å²) in [5.74, 6) is -0.390. The standard InChI is InChI=1S/C24H25FN4O2/c1-17-6-10-20(11-7-17)27-23(30)26-14-15-29(22-12-8-19(25)9-13-22)24(31)28-21-5-3-4-18(2)16-21/h3-13,16H,14-15H2,1-2H3,(H,28,31)(H2,26,27,30). The zero-order chi connectivity index (χ0) is 22.2. The number of amides is 4. The Balaban J connectivity index is 1.63. The van der Waals surface area contributed by atoms with Crippen molar-refractivity contribution in [3.05, 3.63) is 89.7 Å². The van der Waals surface area contributed by atoms with Gasteiger partial charge < -0.3 is 16.0 Å². The molecule has 0 spiro atoms. The Morgan fingerprint density at radius 1 is 0.839 bits per heavy atom. The highest BCUT2D eigenvalue weighted by molar-refractivity contribution is 6.01. The second-order valence-electron chi connectivity index (χ2n) is 7.17. The Hall–Kier alpha value is -3.87. The lowest BCUT2D eigenvalue weighted by Crippen LogP contribution is -2.42.